The molecule has 2 rings (SSSR count). The van der Waals surface area contributed by atoms with Crippen LogP contribution in [0.25, 0.3) is 0 Å². The fourth-order valence-corrected chi connectivity index (χ4v) is 2.57. The molecular formula is C14H22BrN3. The highest BCUT2D eigenvalue weighted by Gasteiger charge is 2.27. The summed E-state index contributed by atoms with van der Waals surface area (Å²) < 4.78 is 1.13. The van der Waals surface area contributed by atoms with Crippen LogP contribution in [-0.2, 0) is 0 Å². The summed E-state index contributed by atoms with van der Waals surface area (Å²) in [5.74, 6) is 1.31. The largest absolute Gasteiger partial charge is 0.316 e. The van der Waals surface area contributed by atoms with Crippen LogP contribution in [0.2, 0.25) is 0 Å². The lowest BCUT2D eigenvalue weighted by Gasteiger charge is -2.20. The van der Waals surface area contributed by atoms with Gasteiger partial charge in [-0.25, -0.2) is 5.43 Å². The number of rotatable bonds is 5. The number of hydrazine groups is 1. The summed E-state index contributed by atoms with van der Waals surface area (Å²) in [5, 5.41) is 3.55. The fraction of sp³-hybridized carbons (Fsp3) is 0.571. The van der Waals surface area contributed by atoms with E-state index in [1.54, 1.807) is 0 Å². The molecule has 1 aliphatic rings. The summed E-state index contributed by atoms with van der Waals surface area (Å²) in [6, 6.07) is 8.98. The van der Waals surface area contributed by atoms with Crippen molar-refractivity contribution >= 4 is 15.9 Å². The van der Waals surface area contributed by atoms with Gasteiger partial charge < -0.3 is 5.32 Å². The second-order valence-corrected chi connectivity index (χ2v) is 6.28. The summed E-state index contributed by atoms with van der Waals surface area (Å²) in [4.78, 5) is 0. The van der Waals surface area contributed by atoms with Gasteiger partial charge in [-0.15, -0.1) is 0 Å². The third-order valence-corrected chi connectivity index (χ3v) is 3.81. The zero-order valence-corrected chi connectivity index (χ0v) is 12.6. The summed E-state index contributed by atoms with van der Waals surface area (Å²) >= 11 is 3.48. The summed E-state index contributed by atoms with van der Waals surface area (Å²) in [5.41, 5.74) is 7.99. The standard InChI is InChI=1S/C14H22BrN3/c1-10(2)7-16-8-12-9-17-18-14(12)11-3-5-13(15)6-4-11/h3-6,10,12,14,16-18H,7-9H2,1-2H3. The molecule has 0 amide bonds. The van der Waals surface area contributed by atoms with E-state index in [9.17, 15) is 0 Å². The lowest BCUT2D eigenvalue weighted by molar-refractivity contribution is 0.425. The maximum Gasteiger partial charge on any atom is 0.0515 e. The molecule has 1 aromatic rings. The van der Waals surface area contributed by atoms with Crippen molar-refractivity contribution in [2.45, 2.75) is 19.9 Å². The molecule has 0 saturated carbocycles. The normalized spacial score (nSPS) is 23.8. The average Bonchev–Trinajstić information content (AvgIpc) is 2.78. The lowest BCUT2D eigenvalue weighted by Crippen LogP contribution is -2.30. The third kappa shape index (κ3) is 3.79. The molecule has 1 saturated heterocycles. The van der Waals surface area contributed by atoms with Crippen molar-refractivity contribution in [3.05, 3.63) is 34.3 Å². The van der Waals surface area contributed by atoms with Crippen LogP contribution in [0.4, 0.5) is 0 Å². The van der Waals surface area contributed by atoms with Crippen molar-refractivity contribution < 1.29 is 0 Å². The predicted octanol–water partition coefficient (Wildman–Crippen LogP) is 2.46. The number of benzene rings is 1. The van der Waals surface area contributed by atoms with E-state index in [4.69, 9.17) is 0 Å². The monoisotopic (exact) mass is 311 g/mol. The first-order valence-corrected chi connectivity index (χ1v) is 7.40. The van der Waals surface area contributed by atoms with Gasteiger partial charge in [0.15, 0.2) is 0 Å². The van der Waals surface area contributed by atoms with Crippen LogP contribution < -0.4 is 16.2 Å². The Morgan fingerprint density at radius 1 is 1.33 bits per heavy atom. The van der Waals surface area contributed by atoms with E-state index in [1.807, 2.05) is 0 Å². The molecule has 1 aliphatic heterocycles. The van der Waals surface area contributed by atoms with Crippen LogP contribution >= 0.6 is 15.9 Å². The molecule has 0 spiro atoms. The summed E-state index contributed by atoms with van der Waals surface area (Å²) in [7, 11) is 0. The van der Waals surface area contributed by atoms with Crippen molar-refractivity contribution in [3.63, 3.8) is 0 Å². The molecular weight excluding hydrogens is 290 g/mol. The van der Waals surface area contributed by atoms with Gasteiger partial charge in [0.2, 0.25) is 0 Å². The first kappa shape index (κ1) is 14.0. The van der Waals surface area contributed by atoms with Gasteiger partial charge in [-0.2, -0.15) is 0 Å². The number of nitrogens with one attached hydrogen (secondary N) is 3. The minimum atomic E-state index is 0.401. The smallest absolute Gasteiger partial charge is 0.0515 e. The molecule has 0 aromatic heterocycles. The van der Waals surface area contributed by atoms with Gasteiger partial charge in [0.05, 0.1) is 6.04 Å². The van der Waals surface area contributed by atoms with Gasteiger partial charge >= 0.3 is 0 Å². The highest BCUT2D eigenvalue weighted by molar-refractivity contribution is 9.10. The van der Waals surface area contributed by atoms with E-state index in [0.29, 0.717) is 17.9 Å². The topological polar surface area (TPSA) is 36.1 Å². The Labute approximate surface area is 118 Å². The number of halogens is 1. The van der Waals surface area contributed by atoms with E-state index in [0.717, 1.165) is 24.1 Å². The van der Waals surface area contributed by atoms with Gasteiger partial charge in [0.25, 0.3) is 0 Å². The third-order valence-electron chi connectivity index (χ3n) is 3.28. The molecule has 2 unspecified atom stereocenters. The van der Waals surface area contributed by atoms with Crippen molar-refractivity contribution in [1.82, 2.24) is 16.2 Å². The zero-order chi connectivity index (χ0) is 13.0. The molecule has 2 atom stereocenters. The zero-order valence-electron chi connectivity index (χ0n) is 11.0. The molecule has 0 bridgehead atoms. The van der Waals surface area contributed by atoms with Crippen LogP contribution in [0.15, 0.2) is 28.7 Å². The SMILES string of the molecule is CC(C)CNCC1CNNC1c1ccc(Br)cc1. The number of hydrogen-bond acceptors (Lipinski definition) is 3. The van der Waals surface area contributed by atoms with Crippen molar-refractivity contribution in [2.24, 2.45) is 11.8 Å². The lowest BCUT2D eigenvalue weighted by atomic mass is 9.95. The van der Waals surface area contributed by atoms with Gasteiger partial charge in [-0.1, -0.05) is 41.9 Å². The first-order chi connectivity index (χ1) is 8.66. The van der Waals surface area contributed by atoms with Crippen LogP contribution in [0.1, 0.15) is 25.5 Å². The maximum atomic E-state index is 3.55. The van der Waals surface area contributed by atoms with Crippen molar-refractivity contribution in [3.8, 4) is 0 Å². The van der Waals surface area contributed by atoms with Crippen LogP contribution in [-0.4, -0.2) is 19.6 Å². The Hall–Kier alpha value is -0.420. The van der Waals surface area contributed by atoms with Gasteiger partial charge in [-0.3, -0.25) is 5.43 Å². The van der Waals surface area contributed by atoms with Crippen LogP contribution in [0.3, 0.4) is 0 Å². The van der Waals surface area contributed by atoms with E-state index < -0.39 is 0 Å². The molecule has 0 aliphatic carbocycles. The highest BCUT2D eigenvalue weighted by atomic mass is 79.9. The van der Waals surface area contributed by atoms with E-state index in [1.165, 1.54) is 5.56 Å². The van der Waals surface area contributed by atoms with E-state index in [2.05, 4.69) is 70.2 Å². The van der Waals surface area contributed by atoms with Crippen molar-refractivity contribution in [1.29, 1.82) is 0 Å². The summed E-state index contributed by atoms with van der Waals surface area (Å²) in [6.45, 7) is 7.64. The van der Waals surface area contributed by atoms with Gasteiger partial charge in [0, 0.05) is 23.5 Å². The molecule has 4 heteroatoms. The Morgan fingerprint density at radius 2 is 2.06 bits per heavy atom. The van der Waals surface area contributed by atoms with Crippen molar-refractivity contribution in [2.75, 3.05) is 19.6 Å². The van der Waals surface area contributed by atoms with Crippen LogP contribution in [0, 0.1) is 11.8 Å². The second-order valence-electron chi connectivity index (χ2n) is 5.37. The van der Waals surface area contributed by atoms with Gasteiger partial charge in [-0.05, 0) is 30.2 Å². The van der Waals surface area contributed by atoms with Crippen LogP contribution in [0.5, 0.6) is 0 Å². The fourth-order valence-electron chi connectivity index (χ4n) is 2.31. The minimum Gasteiger partial charge on any atom is -0.316 e. The Balaban J connectivity index is 1.92. The molecule has 1 aromatic carbocycles. The quantitative estimate of drug-likeness (QED) is 0.782. The van der Waals surface area contributed by atoms with Gasteiger partial charge in [0.1, 0.15) is 0 Å². The Bertz CT molecular complexity index is 364. The highest BCUT2D eigenvalue weighted by Crippen LogP contribution is 2.25. The minimum absolute atomic E-state index is 0.401. The van der Waals surface area contributed by atoms with E-state index in [-0.39, 0.29) is 0 Å². The van der Waals surface area contributed by atoms with E-state index >= 15 is 0 Å². The molecule has 18 heavy (non-hydrogen) atoms. The molecule has 0 radical (unpaired) electrons. The molecule has 1 fully saturated rings. The average molecular weight is 312 g/mol. The maximum absolute atomic E-state index is 3.55. The predicted molar refractivity (Wildman–Crippen MR) is 79.2 cm³/mol. The molecule has 3 nitrogen and oxygen atoms in total. The summed E-state index contributed by atoms with van der Waals surface area (Å²) in [6.07, 6.45) is 0. The Morgan fingerprint density at radius 3 is 2.72 bits per heavy atom. The molecule has 3 N–H and O–H groups in total. The second kappa shape index (κ2) is 6.66. The Kier molecular flexibility index (Phi) is 5.18. The first-order valence-electron chi connectivity index (χ1n) is 6.61. The molecule has 100 valence electrons. The number of hydrogen-bond donors (Lipinski definition) is 3. The molecule has 1 heterocycles.